The molecule has 1 heteroatoms. The summed E-state index contributed by atoms with van der Waals surface area (Å²) >= 11 is 6.36. The third kappa shape index (κ3) is 5.79. The molecule has 166 valence electrons. The number of halogens is 1. The van der Waals surface area contributed by atoms with Crippen molar-refractivity contribution in [2.45, 2.75) is 92.4 Å². The van der Waals surface area contributed by atoms with Gasteiger partial charge in [0.05, 0.1) is 0 Å². The molecule has 0 aliphatic heterocycles. The molecule has 0 amide bonds. The van der Waals surface area contributed by atoms with E-state index in [-0.39, 0.29) is 10.8 Å². The van der Waals surface area contributed by atoms with Crippen LogP contribution >= 0.6 is 11.6 Å². The zero-order valence-corrected chi connectivity index (χ0v) is 21.4. The second kappa shape index (κ2) is 11.8. The molecule has 0 heterocycles. The normalized spacial score (nSPS) is 12.7. The molecule has 0 nitrogen and oxygen atoms in total. The average molecular weight is 427 g/mol. The minimum absolute atomic E-state index is 0.00265. The van der Waals surface area contributed by atoms with Crippen LogP contribution in [0.1, 0.15) is 103 Å². The predicted octanol–water partition coefficient (Wildman–Crippen LogP) is 9.74. The van der Waals surface area contributed by atoms with Crippen molar-refractivity contribution in [3.63, 3.8) is 0 Å². The summed E-state index contributed by atoms with van der Waals surface area (Å²) in [5, 5.41) is 0.814. The first-order chi connectivity index (χ1) is 14.2. The average Bonchev–Trinajstić information content (AvgIpc) is 2.72. The fourth-order valence-electron chi connectivity index (χ4n) is 4.66. The lowest BCUT2D eigenvalue weighted by Crippen LogP contribution is -2.27. The van der Waals surface area contributed by atoms with Crippen LogP contribution in [0.5, 0.6) is 0 Å². The molecule has 1 unspecified atom stereocenters. The Morgan fingerprint density at radius 2 is 1.53 bits per heavy atom. The SMILES string of the molecule is C=CC(c1ccc(C(CC)(CC)c2cccc(Cl)c2)cc1CCC)C(C)(C)C.CC. The zero-order valence-electron chi connectivity index (χ0n) is 20.6. The minimum atomic E-state index is -0.00265. The molecule has 2 aromatic rings. The van der Waals surface area contributed by atoms with E-state index in [1.807, 2.05) is 19.9 Å². The molecule has 2 aromatic carbocycles. The Hall–Kier alpha value is -1.53. The minimum Gasteiger partial charge on any atom is -0.102 e. The largest absolute Gasteiger partial charge is 0.102 e. The second-order valence-corrected chi connectivity index (χ2v) is 9.48. The Kier molecular flexibility index (Phi) is 10.4. The maximum atomic E-state index is 6.36. The van der Waals surface area contributed by atoms with Crippen LogP contribution in [0.25, 0.3) is 0 Å². The van der Waals surface area contributed by atoms with Crippen molar-refractivity contribution < 1.29 is 0 Å². The van der Waals surface area contributed by atoms with Crippen molar-refractivity contribution in [2.75, 3.05) is 0 Å². The molecule has 0 aliphatic carbocycles. The molecule has 1 atom stereocenters. The van der Waals surface area contributed by atoms with Gasteiger partial charge in [-0.15, -0.1) is 6.58 Å². The molecule has 0 N–H and O–H groups in total. The van der Waals surface area contributed by atoms with Gasteiger partial charge < -0.3 is 0 Å². The van der Waals surface area contributed by atoms with Crippen LogP contribution in [0, 0.1) is 5.41 Å². The van der Waals surface area contributed by atoms with Gasteiger partial charge in [0, 0.05) is 16.4 Å². The number of allylic oxidation sites excluding steroid dienone is 1. The van der Waals surface area contributed by atoms with Crippen LogP contribution in [0.15, 0.2) is 55.1 Å². The van der Waals surface area contributed by atoms with Gasteiger partial charge in [0.25, 0.3) is 0 Å². The summed E-state index contributed by atoms with van der Waals surface area (Å²) in [5.41, 5.74) is 5.77. The first-order valence-electron chi connectivity index (χ1n) is 11.7. The molecule has 0 aliphatic rings. The fraction of sp³-hybridized carbons (Fsp3) is 0.517. The molecule has 0 fully saturated rings. The van der Waals surface area contributed by atoms with Gasteiger partial charge in [0.15, 0.2) is 0 Å². The van der Waals surface area contributed by atoms with E-state index in [9.17, 15) is 0 Å². The number of hydrogen-bond acceptors (Lipinski definition) is 0. The van der Waals surface area contributed by atoms with E-state index in [1.54, 1.807) is 0 Å². The molecule has 2 rings (SSSR count). The number of benzene rings is 2. The van der Waals surface area contributed by atoms with Gasteiger partial charge in [-0.25, -0.2) is 0 Å². The van der Waals surface area contributed by atoms with Crippen molar-refractivity contribution in [1.29, 1.82) is 0 Å². The maximum Gasteiger partial charge on any atom is 0.0409 e. The molecular weight excluding hydrogens is 384 g/mol. The fourth-order valence-corrected chi connectivity index (χ4v) is 4.85. The molecule has 30 heavy (non-hydrogen) atoms. The van der Waals surface area contributed by atoms with E-state index in [2.05, 4.69) is 90.6 Å². The van der Waals surface area contributed by atoms with Crippen LogP contribution in [-0.4, -0.2) is 0 Å². The number of aryl methyl sites for hydroxylation is 1. The number of hydrogen-bond donors (Lipinski definition) is 0. The van der Waals surface area contributed by atoms with Crippen LogP contribution in [0.4, 0.5) is 0 Å². The van der Waals surface area contributed by atoms with Crippen LogP contribution < -0.4 is 0 Å². The van der Waals surface area contributed by atoms with Crippen LogP contribution in [0.3, 0.4) is 0 Å². The summed E-state index contributed by atoms with van der Waals surface area (Å²) in [5.74, 6) is 0.354. The molecule has 0 bridgehead atoms. The summed E-state index contributed by atoms with van der Waals surface area (Å²) in [6, 6.07) is 15.6. The molecule has 0 saturated heterocycles. The smallest absolute Gasteiger partial charge is 0.0409 e. The van der Waals surface area contributed by atoms with Crippen molar-refractivity contribution in [2.24, 2.45) is 5.41 Å². The van der Waals surface area contributed by atoms with E-state index in [4.69, 9.17) is 11.6 Å². The third-order valence-electron chi connectivity index (χ3n) is 6.30. The van der Waals surface area contributed by atoms with Crippen LogP contribution in [-0.2, 0) is 11.8 Å². The first kappa shape index (κ1) is 26.5. The monoisotopic (exact) mass is 426 g/mol. The Morgan fingerprint density at radius 3 is 2.00 bits per heavy atom. The molecular formula is C29H43Cl. The predicted molar refractivity (Wildman–Crippen MR) is 137 cm³/mol. The second-order valence-electron chi connectivity index (χ2n) is 9.04. The third-order valence-corrected chi connectivity index (χ3v) is 6.54. The summed E-state index contributed by atoms with van der Waals surface area (Å²) < 4.78 is 0. The molecule has 0 radical (unpaired) electrons. The van der Waals surface area contributed by atoms with Gasteiger partial charge in [0.1, 0.15) is 0 Å². The summed E-state index contributed by atoms with van der Waals surface area (Å²) in [6.07, 6.45) is 6.48. The van der Waals surface area contributed by atoms with Crippen molar-refractivity contribution >= 4 is 11.6 Å². The van der Waals surface area contributed by atoms with Gasteiger partial charge in [0.2, 0.25) is 0 Å². The Balaban J connectivity index is 0.00000218. The van der Waals surface area contributed by atoms with Crippen LogP contribution in [0.2, 0.25) is 5.02 Å². The van der Waals surface area contributed by atoms with Gasteiger partial charge >= 0.3 is 0 Å². The highest BCUT2D eigenvalue weighted by atomic mass is 35.5. The summed E-state index contributed by atoms with van der Waals surface area (Å²) in [7, 11) is 0. The summed E-state index contributed by atoms with van der Waals surface area (Å²) in [6.45, 7) is 21.9. The topological polar surface area (TPSA) is 0 Å². The Morgan fingerprint density at radius 1 is 0.933 bits per heavy atom. The zero-order chi connectivity index (χ0) is 22.9. The van der Waals surface area contributed by atoms with Gasteiger partial charge in [-0.1, -0.05) is 110 Å². The lowest BCUT2D eigenvalue weighted by Gasteiger charge is -2.35. The molecule has 0 aromatic heterocycles. The Bertz CT molecular complexity index is 790. The van der Waals surface area contributed by atoms with Crippen molar-refractivity contribution in [3.8, 4) is 0 Å². The molecule has 0 saturated carbocycles. The highest BCUT2D eigenvalue weighted by molar-refractivity contribution is 6.30. The highest BCUT2D eigenvalue weighted by Gasteiger charge is 2.32. The van der Waals surface area contributed by atoms with E-state index in [0.29, 0.717) is 5.92 Å². The van der Waals surface area contributed by atoms with Gasteiger partial charge in [-0.05, 0) is 59.1 Å². The quantitative estimate of drug-likeness (QED) is 0.368. The number of rotatable bonds is 8. The van der Waals surface area contributed by atoms with Gasteiger partial charge in [-0.3, -0.25) is 0 Å². The van der Waals surface area contributed by atoms with Gasteiger partial charge in [-0.2, -0.15) is 0 Å². The standard InChI is InChI=1S/C27H37Cl.C2H6/c1-8-13-20-18-22(16-17-24(20)25(9-2)26(5,6)7)27(10-3,11-4)21-14-12-15-23(28)19-21;1-2/h9,12,14-19,25H,2,8,10-11,13H2,1,3-7H3;1-2H3. The lowest BCUT2D eigenvalue weighted by molar-refractivity contribution is 0.365. The van der Waals surface area contributed by atoms with E-state index >= 15 is 0 Å². The van der Waals surface area contributed by atoms with E-state index in [0.717, 1.165) is 30.7 Å². The maximum absolute atomic E-state index is 6.36. The van der Waals surface area contributed by atoms with E-state index in [1.165, 1.54) is 22.3 Å². The Labute approximate surface area is 191 Å². The van der Waals surface area contributed by atoms with E-state index < -0.39 is 0 Å². The van der Waals surface area contributed by atoms with Crippen molar-refractivity contribution in [1.82, 2.24) is 0 Å². The first-order valence-corrected chi connectivity index (χ1v) is 12.1. The molecule has 0 spiro atoms. The van der Waals surface area contributed by atoms with Crippen molar-refractivity contribution in [3.05, 3.63) is 82.4 Å². The lowest BCUT2D eigenvalue weighted by atomic mass is 9.68. The summed E-state index contributed by atoms with van der Waals surface area (Å²) in [4.78, 5) is 0. The highest BCUT2D eigenvalue weighted by Crippen LogP contribution is 2.43.